The molecule has 2 rings (SSSR count). The van der Waals surface area contributed by atoms with Gasteiger partial charge in [-0.1, -0.05) is 13.3 Å². The molecule has 0 aliphatic carbocycles. The first-order chi connectivity index (χ1) is 10.3. The minimum atomic E-state index is 0.472. The molecule has 0 amide bonds. The molecule has 1 saturated heterocycles. The molecule has 2 heterocycles. The second-order valence-electron chi connectivity index (χ2n) is 5.41. The maximum atomic E-state index is 5.49. The van der Waals surface area contributed by atoms with Crippen LogP contribution in [0.2, 0.25) is 0 Å². The molecule has 0 spiro atoms. The molecule has 1 aliphatic heterocycles. The summed E-state index contributed by atoms with van der Waals surface area (Å²) in [4.78, 5) is 8.50. The zero-order chi connectivity index (χ0) is 15.1. The Kier molecular flexibility index (Phi) is 6.89. The van der Waals surface area contributed by atoms with E-state index in [4.69, 9.17) is 14.5 Å². The van der Waals surface area contributed by atoms with E-state index in [-0.39, 0.29) is 0 Å². The van der Waals surface area contributed by atoms with Crippen molar-refractivity contribution in [2.24, 2.45) is 0 Å². The summed E-state index contributed by atoms with van der Waals surface area (Å²) in [7, 11) is 3.86. The number of aromatic nitrogens is 1. The summed E-state index contributed by atoms with van der Waals surface area (Å²) in [5.41, 5.74) is 1.24. The van der Waals surface area contributed by atoms with Gasteiger partial charge in [-0.25, -0.2) is 4.98 Å². The Hall–Kier alpha value is -0.690. The molecule has 1 aliphatic rings. The largest absolute Gasteiger partial charge is 0.383 e. The number of thiazole rings is 1. The Morgan fingerprint density at radius 1 is 1.52 bits per heavy atom. The first kappa shape index (κ1) is 16.7. The van der Waals surface area contributed by atoms with Crippen molar-refractivity contribution in [1.82, 2.24) is 10.3 Å². The van der Waals surface area contributed by atoms with Crippen molar-refractivity contribution in [3.05, 3.63) is 10.6 Å². The molecule has 5 nitrogen and oxygen atoms in total. The lowest BCUT2D eigenvalue weighted by Crippen LogP contribution is -2.31. The summed E-state index contributed by atoms with van der Waals surface area (Å²) in [6, 6.07) is 0.472. The highest BCUT2D eigenvalue weighted by Gasteiger charge is 2.23. The molecule has 1 fully saturated rings. The number of hydrogen-bond donors (Lipinski definition) is 1. The van der Waals surface area contributed by atoms with Gasteiger partial charge in [0.05, 0.1) is 24.9 Å². The van der Waals surface area contributed by atoms with Crippen LogP contribution in [0.4, 0.5) is 5.13 Å². The zero-order valence-corrected chi connectivity index (χ0v) is 14.2. The van der Waals surface area contributed by atoms with Crippen LogP contribution in [0.3, 0.4) is 0 Å². The number of aryl methyl sites for hydroxylation is 1. The highest BCUT2D eigenvalue weighted by atomic mass is 32.1. The van der Waals surface area contributed by atoms with Crippen LogP contribution in [0.15, 0.2) is 0 Å². The van der Waals surface area contributed by atoms with E-state index >= 15 is 0 Å². The third-order valence-corrected chi connectivity index (χ3v) is 4.97. The topological polar surface area (TPSA) is 46.6 Å². The van der Waals surface area contributed by atoms with Crippen LogP contribution >= 0.6 is 11.3 Å². The summed E-state index contributed by atoms with van der Waals surface area (Å²) in [5, 5.41) is 4.55. The van der Waals surface area contributed by atoms with Crippen LogP contribution in [0.5, 0.6) is 0 Å². The lowest BCUT2D eigenvalue weighted by atomic mass is 10.2. The third kappa shape index (κ3) is 4.64. The fourth-order valence-corrected chi connectivity index (χ4v) is 3.56. The van der Waals surface area contributed by atoms with Gasteiger partial charge < -0.3 is 19.7 Å². The Bertz CT molecular complexity index is 419. The van der Waals surface area contributed by atoms with Crippen molar-refractivity contribution in [3.8, 4) is 0 Å². The number of anilines is 1. The molecule has 1 unspecified atom stereocenters. The Morgan fingerprint density at radius 2 is 2.38 bits per heavy atom. The molecule has 0 aromatic carbocycles. The number of nitrogens with one attached hydrogen (secondary N) is 1. The van der Waals surface area contributed by atoms with Crippen LogP contribution in [-0.2, 0) is 22.4 Å². The fraction of sp³-hybridized carbons (Fsp3) is 0.800. The van der Waals surface area contributed by atoms with Gasteiger partial charge in [-0.15, -0.1) is 11.3 Å². The second-order valence-corrected chi connectivity index (χ2v) is 6.48. The first-order valence-corrected chi connectivity index (χ1v) is 8.56. The molecule has 0 bridgehead atoms. The maximum Gasteiger partial charge on any atom is 0.185 e. The molecule has 21 heavy (non-hydrogen) atoms. The molecular weight excluding hydrogens is 286 g/mol. The molecule has 1 aromatic heterocycles. The molecule has 1 N–H and O–H groups in total. The van der Waals surface area contributed by atoms with E-state index < -0.39 is 0 Å². The van der Waals surface area contributed by atoms with Gasteiger partial charge in [0.15, 0.2) is 5.13 Å². The standard InChI is InChI=1S/C15H27N3O2S/c1-4-5-13-14(10-16-7-9-19-3)21-15(17-13)18(2)12-6-8-20-11-12/h12,16H,4-11H2,1-3H3. The van der Waals surface area contributed by atoms with E-state index in [0.29, 0.717) is 6.04 Å². The number of likely N-dealkylation sites (N-methyl/N-ethyl adjacent to an activating group) is 1. The minimum absolute atomic E-state index is 0.472. The van der Waals surface area contributed by atoms with Crippen molar-refractivity contribution in [2.45, 2.75) is 38.8 Å². The lowest BCUT2D eigenvalue weighted by Gasteiger charge is -2.21. The van der Waals surface area contributed by atoms with Crippen LogP contribution in [-0.4, -0.2) is 51.5 Å². The molecule has 120 valence electrons. The average molecular weight is 313 g/mol. The first-order valence-electron chi connectivity index (χ1n) is 7.75. The predicted octanol–water partition coefficient (Wildman–Crippen LogP) is 2.06. The van der Waals surface area contributed by atoms with Crippen LogP contribution in [0.1, 0.15) is 30.3 Å². The van der Waals surface area contributed by atoms with Gasteiger partial charge in [0.2, 0.25) is 0 Å². The molecule has 6 heteroatoms. The SMILES string of the molecule is CCCc1nc(N(C)C2CCOC2)sc1CNCCOC. The van der Waals surface area contributed by atoms with Gasteiger partial charge in [-0.2, -0.15) is 0 Å². The van der Waals surface area contributed by atoms with Crippen LogP contribution in [0, 0.1) is 0 Å². The van der Waals surface area contributed by atoms with Gasteiger partial charge in [-0.3, -0.25) is 0 Å². The summed E-state index contributed by atoms with van der Waals surface area (Å²) in [6.45, 7) is 6.39. The fourth-order valence-electron chi connectivity index (χ4n) is 2.45. The second kappa shape index (κ2) is 8.68. The summed E-state index contributed by atoms with van der Waals surface area (Å²) >= 11 is 1.81. The summed E-state index contributed by atoms with van der Waals surface area (Å²) in [5.74, 6) is 0. The monoisotopic (exact) mass is 313 g/mol. The van der Waals surface area contributed by atoms with E-state index in [1.54, 1.807) is 7.11 Å². The van der Waals surface area contributed by atoms with E-state index in [1.165, 1.54) is 10.6 Å². The van der Waals surface area contributed by atoms with Gasteiger partial charge in [-0.05, 0) is 12.8 Å². The van der Waals surface area contributed by atoms with Gasteiger partial charge >= 0.3 is 0 Å². The zero-order valence-electron chi connectivity index (χ0n) is 13.4. The predicted molar refractivity (Wildman–Crippen MR) is 87.3 cm³/mol. The third-order valence-electron chi connectivity index (χ3n) is 3.78. The quantitative estimate of drug-likeness (QED) is 0.707. The van der Waals surface area contributed by atoms with E-state index in [9.17, 15) is 0 Å². The molecule has 1 aromatic rings. The van der Waals surface area contributed by atoms with Crippen molar-refractivity contribution in [3.63, 3.8) is 0 Å². The van der Waals surface area contributed by atoms with Crippen molar-refractivity contribution >= 4 is 16.5 Å². The van der Waals surface area contributed by atoms with E-state index in [1.807, 2.05) is 11.3 Å². The van der Waals surface area contributed by atoms with Crippen molar-refractivity contribution < 1.29 is 9.47 Å². The smallest absolute Gasteiger partial charge is 0.185 e. The highest BCUT2D eigenvalue weighted by molar-refractivity contribution is 7.15. The van der Waals surface area contributed by atoms with Crippen molar-refractivity contribution in [1.29, 1.82) is 0 Å². The Labute approximate surface area is 131 Å². The Balaban J connectivity index is 2.00. The highest BCUT2D eigenvalue weighted by Crippen LogP contribution is 2.29. The summed E-state index contributed by atoms with van der Waals surface area (Å²) in [6.07, 6.45) is 3.28. The van der Waals surface area contributed by atoms with Crippen LogP contribution in [0.25, 0.3) is 0 Å². The molecule has 0 radical (unpaired) electrons. The van der Waals surface area contributed by atoms with Gasteiger partial charge in [0.25, 0.3) is 0 Å². The number of methoxy groups -OCH3 is 1. The average Bonchev–Trinajstić information content (AvgIpc) is 3.13. The summed E-state index contributed by atoms with van der Waals surface area (Å²) < 4.78 is 10.6. The van der Waals surface area contributed by atoms with E-state index in [2.05, 4.69) is 24.2 Å². The molecule has 0 saturated carbocycles. The number of ether oxygens (including phenoxy) is 2. The van der Waals surface area contributed by atoms with Gasteiger partial charge in [0, 0.05) is 38.7 Å². The number of rotatable bonds is 9. The Morgan fingerprint density at radius 3 is 3.05 bits per heavy atom. The lowest BCUT2D eigenvalue weighted by molar-refractivity contribution is 0.193. The van der Waals surface area contributed by atoms with Crippen molar-refractivity contribution in [2.75, 3.05) is 45.4 Å². The molecular formula is C15H27N3O2S. The van der Waals surface area contributed by atoms with Gasteiger partial charge in [0.1, 0.15) is 0 Å². The minimum Gasteiger partial charge on any atom is -0.383 e. The van der Waals surface area contributed by atoms with Crippen LogP contribution < -0.4 is 10.2 Å². The molecule has 1 atom stereocenters. The number of hydrogen-bond acceptors (Lipinski definition) is 6. The maximum absolute atomic E-state index is 5.49. The normalized spacial score (nSPS) is 18.3. The van der Waals surface area contributed by atoms with E-state index in [0.717, 1.165) is 57.3 Å². The number of nitrogens with zero attached hydrogens (tertiary/aromatic N) is 2.